The third-order valence-electron chi connectivity index (χ3n) is 9.11. The molecule has 3 aliphatic heterocycles. The zero-order valence-electron chi connectivity index (χ0n) is 21.2. The Morgan fingerprint density at radius 2 is 1.70 bits per heavy atom. The minimum Gasteiger partial charge on any atom is -0.324 e. The summed E-state index contributed by atoms with van der Waals surface area (Å²) in [7, 11) is 0. The van der Waals surface area contributed by atoms with Gasteiger partial charge < -0.3 is 5.32 Å². The molecular weight excluding hydrogens is 606 g/mol. The number of allylic oxidation sites excluding steroid dienone is 1. The second kappa shape index (κ2) is 9.79. The van der Waals surface area contributed by atoms with Gasteiger partial charge in [-0.25, -0.2) is 0 Å². The minimum atomic E-state index is -1.17. The molecule has 40 heavy (non-hydrogen) atoms. The van der Waals surface area contributed by atoms with Crippen LogP contribution in [0.3, 0.4) is 0 Å². The third kappa shape index (κ3) is 3.58. The highest BCUT2D eigenvalue weighted by Crippen LogP contribution is 2.71. The highest BCUT2D eigenvalue weighted by Gasteiger charge is 2.78. The Morgan fingerprint density at radius 1 is 0.950 bits per heavy atom. The first-order valence-corrected chi connectivity index (χ1v) is 15.9. The number of Topliss-reactive ketones (excluding diaryl/α,β-unsaturated/α-hetero) is 1. The third-order valence-corrected chi connectivity index (χ3v) is 11.3. The van der Waals surface area contributed by atoms with E-state index >= 15 is 4.79 Å². The molecule has 4 aliphatic rings. The second-order valence-corrected chi connectivity index (χ2v) is 13.6. The second-order valence-electron chi connectivity index (χ2n) is 10.9. The van der Waals surface area contributed by atoms with E-state index in [9.17, 15) is 4.79 Å². The van der Waals surface area contributed by atoms with Crippen LogP contribution < -0.4 is 5.32 Å². The molecular formula is C31H24Cl4N2O2S. The normalized spacial score (nSPS) is 30.4. The number of halogens is 4. The number of nitrogens with zero attached hydrogens (tertiary/aromatic N) is 1. The van der Waals surface area contributed by atoms with Crippen molar-refractivity contribution in [3.05, 3.63) is 103 Å². The Balaban J connectivity index is 1.52. The fourth-order valence-corrected chi connectivity index (χ4v) is 10.0. The Labute approximate surface area is 257 Å². The molecule has 4 atom stereocenters. The number of nitrogens with one attached hydrogen (secondary N) is 1. The number of benzene rings is 3. The van der Waals surface area contributed by atoms with Crippen molar-refractivity contribution in [1.29, 1.82) is 0 Å². The summed E-state index contributed by atoms with van der Waals surface area (Å²) in [6, 6.07) is 18.5. The molecule has 204 valence electrons. The maximum atomic E-state index is 15.2. The molecule has 0 aromatic heterocycles. The monoisotopic (exact) mass is 628 g/mol. The summed E-state index contributed by atoms with van der Waals surface area (Å²) in [6.07, 6.45) is 3.78. The molecule has 4 nitrogen and oxygen atoms in total. The lowest BCUT2D eigenvalue weighted by atomic mass is 9.53. The van der Waals surface area contributed by atoms with Crippen LogP contribution in [0.25, 0.3) is 6.08 Å². The van der Waals surface area contributed by atoms with Crippen molar-refractivity contribution in [2.24, 2.45) is 5.41 Å². The number of anilines is 1. The summed E-state index contributed by atoms with van der Waals surface area (Å²) < 4.78 is 0. The molecule has 2 spiro atoms. The van der Waals surface area contributed by atoms with Gasteiger partial charge in [-0.3, -0.25) is 14.5 Å². The number of fused-ring (bicyclic) bond motifs is 5. The molecule has 1 amide bonds. The smallest absolute Gasteiger partial charge is 0.250 e. The zero-order valence-corrected chi connectivity index (χ0v) is 25.1. The average Bonchev–Trinajstić information content (AvgIpc) is 3.57. The van der Waals surface area contributed by atoms with E-state index in [0.717, 1.165) is 34.6 Å². The van der Waals surface area contributed by atoms with Crippen LogP contribution in [0.1, 0.15) is 41.9 Å². The highest BCUT2D eigenvalue weighted by atomic mass is 35.5. The molecule has 1 aliphatic carbocycles. The van der Waals surface area contributed by atoms with Crippen LogP contribution in [0.5, 0.6) is 0 Å². The molecule has 2 saturated heterocycles. The van der Waals surface area contributed by atoms with Gasteiger partial charge in [-0.05, 0) is 72.4 Å². The van der Waals surface area contributed by atoms with Gasteiger partial charge in [-0.2, -0.15) is 0 Å². The van der Waals surface area contributed by atoms with Crippen molar-refractivity contribution in [3.63, 3.8) is 0 Å². The highest BCUT2D eigenvalue weighted by molar-refractivity contribution is 7.99. The van der Waals surface area contributed by atoms with Crippen LogP contribution in [0.15, 0.2) is 66.2 Å². The summed E-state index contributed by atoms with van der Waals surface area (Å²) in [6.45, 7) is 0. The van der Waals surface area contributed by atoms with Gasteiger partial charge in [-0.15, -0.1) is 11.8 Å². The number of carbonyl (C=O) groups is 2. The predicted octanol–water partition coefficient (Wildman–Crippen LogP) is 8.44. The van der Waals surface area contributed by atoms with Gasteiger partial charge in [0.1, 0.15) is 5.54 Å². The lowest BCUT2D eigenvalue weighted by molar-refractivity contribution is -0.145. The van der Waals surface area contributed by atoms with Crippen LogP contribution in [0.2, 0.25) is 20.1 Å². The lowest BCUT2D eigenvalue weighted by Gasteiger charge is -2.49. The molecule has 3 aromatic carbocycles. The number of hydrogen-bond acceptors (Lipinski definition) is 4. The Kier molecular flexibility index (Phi) is 6.58. The SMILES string of the molecule is O=C1Nc2ccccc2[C@]12N1CSC[C@H]1[C@H](c1ccc(Cl)cc1Cl)[C@]21CCCC(=Cc2ccc(Cl)cc2Cl)C1=O. The van der Waals surface area contributed by atoms with E-state index in [-0.39, 0.29) is 23.7 Å². The molecule has 0 bridgehead atoms. The Bertz CT molecular complexity index is 1630. The number of para-hydroxylation sites is 1. The molecule has 3 heterocycles. The van der Waals surface area contributed by atoms with Gasteiger partial charge in [0, 0.05) is 54.9 Å². The standard InChI is InChI=1S/C31H24Cl4N2O2S/c32-19-8-7-17(23(34)13-19)12-18-4-3-11-30(28(18)38)27(21-10-9-20(33)14-24(21)35)26-15-40-16-37(26)31(30)22-5-1-2-6-25(22)36-29(31)39/h1-2,5-10,12-14,26-27H,3-4,11,15-16H2,(H,36,39)/t26-,27-,30-,31-/m0/s1. The van der Waals surface area contributed by atoms with E-state index in [1.165, 1.54) is 0 Å². The summed E-state index contributed by atoms with van der Waals surface area (Å²) in [5, 5.41) is 5.22. The number of rotatable bonds is 2. The Hall–Kier alpha value is -1.99. The molecule has 1 N–H and O–H groups in total. The van der Waals surface area contributed by atoms with Crippen LogP contribution in [-0.4, -0.2) is 34.3 Å². The van der Waals surface area contributed by atoms with E-state index in [1.807, 2.05) is 48.5 Å². The Morgan fingerprint density at radius 3 is 2.48 bits per heavy atom. The summed E-state index contributed by atoms with van der Waals surface area (Å²) >= 11 is 27.7. The number of carbonyl (C=O) groups excluding carboxylic acids is 2. The van der Waals surface area contributed by atoms with Crippen molar-refractivity contribution in [3.8, 4) is 0 Å². The summed E-state index contributed by atoms with van der Waals surface area (Å²) in [4.78, 5) is 32.0. The molecule has 0 radical (unpaired) electrons. The zero-order chi connectivity index (χ0) is 27.8. The lowest BCUT2D eigenvalue weighted by Crippen LogP contribution is -2.60. The minimum absolute atomic E-state index is 0.0213. The fourth-order valence-electron chi connectivity index (χ4n) is 7.74. The van der Waals surface area contributed by atoms with Crippen molar-refractivity contribution < 1.29 is 9.59 Å². The topological polar surface area (TPSA) is 49.4 Å². The van der Waals surface area contributed by atoms with Gasteiger partial charge in [0.05, 0.1) is 5.41 Å². The van der Waals surface area contributed by atoms with Gasteiger partial charge in [0.25, 0.3) is 5.91 Å². The van der Waals surface area contributed by atoms with E-state index in [1.54, 1.807) is 30.0 Å². The maximum Gasteiger partial charge on any atom is 0.250 e. The van der Waals surface area contributed by atoms with Crippen LogP contribution in [-0.2, 0) is 15.1 Å². The van der Waals surface area contributed by atoms with Crippen LogP contribution >= 0.6 is 58.2 Å². The average molecular weight is 630 g/mol. The molecule has 1 saturated carbocycles. The number of ketones is 1. The van der Waals surface area contributed by atoms with Crippen LogP contribution in [0, 0.1) is 5.41 Å². The summed E-state index contributed by atoms with van der Waals surface area (Å²) in [5.41, 5.74) is 1.61. The van der Waals surface area contributed by atoms with E-state index in [4.69, 9.17) is 46.4 Å². The van der Waals surface area contributed by atoms with Crippen molar-refractivity contribution in [2.45, 2.75) is 36.8 Å². The van der Waals surface area contributed by atoms with Gasteiger partial charge >= 0.3 is 0 Å². The first-order chi connectivity index (χ1) is 19.3. The van der Waals surface area contributed by atoms with E-state index in [2.05, 4.69) is 10.2 Å². The van der Waals surface area contributed by atoms with Crippen LogP contribution in [0.4, 0.5) is 5.69 Å². The van der Waals surface area contributed by atoms with Crippen molar-refractivity contribution in [1.82, 2.24) is 4.90 Å². The number of thioether (sulfide) groups is 1. The molecule has 9 heteroatoms. The first-order valence-electron chi connectivity index (χ1n) is 13.2. The van der Waals surface area contributed by atoms with Gasteiger partial charge in [0.2, 0.25) is 0 Å². The predicted molar refractivity (Wildman–Crippen MR) is 165 cm³/mol. The van der Waals surface area contributed by atoms with E-state index < -0.39 is 11.0 Å². The van der Waals surface area contributed by atoms with Crippen molar-refractivity contribution >= 4 is 81.6 Å². The molecule has 3 fully saturated rings. The number of amides is 1. The summed E-state index contributed by atoms with van der Waals surface area (Å²) in [5.74, 6) is 0.948. The van der Waals surface area contributed by atoms with Gasteiger partial charge in [-0.1, -0.05) is 76.7 Å². The first kappa shape index (κ1) is 26.9. The maximum absolute atomic E-state index is 15.2. The van der Waals surface area contributed by atoms with E-state index in [0.29, 0.717) is 44.4 Å². The van der Waals surface area contributed by atoms with Gasteiger partial charge in [0.15, 0.2) is 5.78 Å². The largest absolute Gasteiger partial charge is 0.324 e. The fraction of sp³-hybridized carbons (Fsp3) is 0.290. The molecule has 0 unspecified atom stereocenters. The quantitative estimate of drug-likeness (QED) is 0.289. The molecule has 3 aromatic rings. The molecule has 7 rings (SSSR count). The van der Waals surface area contributed by atoms with Crippen molar-refractivity contribution in [2.75, 3.05) is 16.9 Å². The number of hydrogen-bond donors (Lipinski definition) is 1.